The number of nitrogens with zero attached hydrogens (tertiary/aromatic N) is 3. The van der Waals surface area contributed by atoms with Gasteiger partial charge in [0.1, 0.15) is 16.4 Å². The van der Waals surface area contributed by atoms with E-state index in [2.05, 4.69) is 42.3 Å². The predicted molar refractivity (Wildman–Crippen MR) is 128 cm³/mol. The molecule has 1 aromatic heterocycles. The van der Waals surface area contributed by atoms with Crippen LogP contribution in [0.2, 0.25) is 0 Å². The number of thiazole rings is 1. The molecular formula is C23H27N3O4S2. The summed E-state index contributed by atoms with van der Waals surface area (Å²) in [6.07, 6.45) is 0. The molecule has 1 aliphatic rings. The fraction of sp³-hybridized carbons (Fsp3) is 0.348. The monoisotopic (exact) mass is 473 g/mol. The van der Waals surface area contributed by atoms with E-state index in [1.807, 2.05) is 0 Å². The molecule has 1 saturated heterocycles. The molecule has 1 aliphatic heterocycles. The maximum absolute atomic E-state index is 13.2. The van der Waals surface area contributed by atoms with Crippen LogP contribution in [0.1, 0.15) is 11.1 Å². The number of rotatable bonds is 6. The zero-order valence-corrected chi connectivity index (χ0v) is 20.3. The Hall–Kier alpha value is -2.62. The van der Waals surface area contributed by atoms with Crippen molar-refractivity contribution in [2.24, 2.45) is 0 Å². The summed E-state index contributed by atoms with van der Waals surface area (Å²) in [5.41, 5.74) is 4.48. The standard InChI is InChI=1S/C23H27N3O4S2/c1-16-11-17(2)13-18(12-16)20-15-31-23(24-20)25-7-9-26(10-8-25)32(27,28)22-6-5-19(29-3)14-21(22)30-4/h5-6,11-15H,7-10H2,1-4H3. The zero-order valence-electron chi connectivity index (χ0n) is 18.7. The van der Waals surface area contributed by atoms with E-state index in [1.165, 1.54) is 35.7 Å². The molecule has 0 N–H and O–H groups in total. The lowest BCUT2D eigenvalue weighted by Crippen LogP contribution is -2.48. The third kappa shape index (κ3) is 4.46. The van der Waals surface area contributed by atoms with E-state index < -0.39 is 10.0 Å². The van der Waals surface area contributed by atoms with Crippen LogP contribution in [-0.2, 0) is 10.0 Å². The highest BCUT2D eigenvalue weighted by molar-refractivity contribution is 7.89. The van der Waals surface area contributed by atoms with Gasteiger partial charge in [-0.2, -0.15) is 4.31 Å². The van der Waals surface area contributed by atoms with Crippen LogP contribution < -0.4 is 14.4 Å². The van der Waals surface area contributed by atoms with Crippen LogP contribution in [0.25, 0.3) is 11.3 Å². The number of anilines is 1. The predicted octanol–water partition coefficient (Wildman–Crippen LogP) is 3.96. The summed E-state index contributed by atoms with van der Waals surface area (Å²) in [5, 5.41) is 2.98. The summed E-state index contributed by atoms with van der Waals surface area (Å²) in [6, 6.07) is 11.2. The van der Waals surface area contributed by atoms with E-state index in [0.717, 1.165) is 16.4 Å². The van der Waals surface area contributed by atoms with Gasteiger partial charge in [-0.05, 0) is 38.1 Å². The summed E-state index contributed by atoms with van der Waals surface area (Å²) in [7, 11) is -0.680. The van der Waals surface area contributed by atoms with Gasteiger partial charge in [0, 0.05) is 43.2 Å². The van der Waals surface area contributed by atoms with Crippen molar-refractivity contribution in [2.75, 3.05) is 45.3 Å². The molecule has 0 amide bonds. The van der Waals surface area contributed by atoms with Crippen LogP contribution in [0, 0.1) is 13.8 Å². The summed E-state index contributed by atoms with van der Waals surface area (Å²) in [5.74, 6) is 0.832. The van der Waals surface area contributed by atoms with Gasteiger partial charge in [0.2, 0.25) is 10.0 Å². The first-order valence-electron chi connectivity index (χ1n) is 10.3. The highest BCUT2D eigenvalue weighted by Crippen LogP contribution is 2.33. The number of hydrogen-bond acceptors (Lipinski definition) is 7. The average molecular weight is 474 g/mol. The summed E-state index contributed by atoms with van der Waals surface area (Å²) < 4.78 is 38.5. The molecule has 0 saturated carbocycles. The molecule has 0 unspecified atom stereocenters. The Morgan fingerprint density at radius 1 is 0.938 bits per heavy atom. The maximum Gasteiger partial charge on any atom is 0.246 e. The number of sulfonamides is 1. The number of hydrogen-bond donors (Lipinski definition) is 0. The van der Waals surface area contributed by atoms with Gasteiger partial charge in [0.05, 0.1) is 19.9 Å². The van der Waals surface area contributed by atoms with E-state index in [0.29, 0.717) is 31.9 Å². The van der Waals surface area contributed by atoms with Gasteiger partial charge in [-0.1, -0.05) is 17.2 Å². The number of ether oxygens (including phenoxy) is 2. The Kier molecular flexibility index (Phi) is 6.41. The molecule has 0 atom stereocenters. The number of piperazine rings is 1. The molecule has 2 aromatic carbocycles. The van der Waals surface area contributed by atoms with Crippen LogP contribution in [0.5, 0.6) is 11.5 Å². The van der Waals surface area contributed by atoms with Crippen molar-refractivity contribution in [1.29, 1.82) is 0 Å². The van der Waals surface area contributed by atoms with E-state index in [-0.39, 0.29) is 10.6 Å². The fourth-order valence-corrected chi connectivity index (χ4v) is 6.36. The Balaban J connectivity index is 1.48. The van der Waals surface area contributed by atoms with Gasteiger partial charge in [-0.25, -0.2) is 13.4 Å². The lowest BCUT2D eigenvalue weighted by Gasteiger charge is -2.34. The van der Waals surface area contributed by atoms with E-state index in [1.54, 1.807) is 23.5 Å². The zero-order chi connectivity index (χ0) is 22.9. The van der Waals surface area contributed by atoms with Crippen LogP contribution in [0.15, 0.2) is 46.7 Å². The number of benzene rings is 2. The molecule has 0 spiro atoms. The Morgan fingerprint density at radius 3 is 2.25 bits per heavy atom. The Bertz CT molecular complexity index is 1200. The number of methoxy groups -OCH3 is 2. The van der Waals surface area contributed by atoms with Crippen molar-refractivity contribution >= 4 is 26.5 Å². The molecule has 7 nitrogen and oxygen atoms in total. The second kappa shape index (κ2) is 9.09. The molecule has 2 heterocycles. The summed E-state index contributed by atoms with van der Waals surface area (Å²) in [6.45, 7) is 6.10. The topological polar surface area (TPSA) is 72.0 Å². The fourth-order valence-electron chi connectivity index (χ4n) is 3.91. The third-order valence-corrected chi connectivity index (χ3v) is 8.35. The van der Waals surface area contributed by atoms with E-state index >= 15 is 0 Å². The Morgan fingerprint density at radius 2 is 1.62 bits per heavy atom. The van der Waals surface area contributed by atoms with Crippen molar-refractivity contribution in [2.45, 2.75) is 18.7 Å². The van der Waals surface area contributed by atoms with Gasteiger partial charge < -0.3 is 14.4 Å². The van der Waals surface area contributed by atoms with Crippen molar-refractivity contribution in [3.05, 3.63) is 52.9 Å². The minimum atomic E-state index is -3.67. The average Bonchev–Trinajstić information content (AvgIpc) is 3.28. The van der Waals surface area contributed by atoms with Crippen molar-refractivity contribution in [3.63, 3.8) is 0 Å². The number of aryl methyl sites for hydroxylation is 2. The highest BCUT2D eigenvalue weighted by Gasteiger charge is 2.31. The quantitative estimate of drug-likeness (QED) is 0.540. The lowest BCUT2D eigenvalue weighted by atomic mass is 10.1. The summed E-state index contributed by atoms with van der Waals surface area (Å²) >= 11 is 1.59. The molecule has 0 radical (unpaired) electrons. The molecule has 1 fully saturated rings. The maximum atomic E-state index is 13.2. The molecule has 0 aliphatic carbocycles. The minimum absolute atomic E-state index is 0.153. The smallest absolute Gasteiger partial charge is 0.246 e. The second-order valence-corrected chi connectivity index (χ2v) is 10.5. The molecule has 32 heavy (non-hydrogen) atoms. The van der Waals surface area contributed by atoms with Crippen LogP contribution in [0.4, 0.5) is 5.13 Å². The summed E-state index contributed by atoms with van der Waals surface area (Å²) in [4.78, 5) is 7.12. The van der Waals surface area contributed by atoms with Crippen molar-refractivity contribution in [1.82, 2.24) is 9.29 Å². The van der Waals surface area contributed by atoms with Gasteiger partial charge in [-0.15, -0.1) is 11.3 Å². The van der Waals surface area contributed by atoms with Crippen LogP contribution in [0.3, 0.4) is 0 Å². The third-order valence-electron chi connectivity index (χ3n) is 5.51. The van der Waals surface area contributed by atoms with Crippen LogP contribution >= 0.6 is 11.3 Å². The molecule has 0 bridgehead atoms. The normalized spacial score (nSPS) is 15.1. The molecule has 170 valence electrons. The van der Waals surface area contributed by atoms with E-state index in [4.69, 9.17) is 14.5 Å². The van der Waals surface area contributed by atoms with Gasteiger partial charge in [-0.3, -0.25) is 0 Å². The van der Waals surface area contributed by atoms with Gasteiger partial charge >= 0.3 is 0 Å². The van der Waals surface area contributed by atoms with Crippen molar-refractivity contribution < 1.29 is 17.9 Å². The van der Waals surface area contributed by atoms with Crippen molar-refractivity contribution in [3.8, 4) is 22.8 Å². The van der Waals surface area contributed by atoms with Gasteiger partial charge in [0.25, 0.3) is 0 Å². The molecule has 9 heteroatoms. The first-order chi connectivity index (χ1) is 15.3. The Labute approximate surface area is 193 Å². The first-order valence-corrected chi connectivity index (χ1v) is 12.6. The molecular weight excluding hydrogens is 446 g/mol. The number of aromatic nitrogens is 1. The first kappa shape index (κ1) is 22.6. The van der Waals surface area contributed by atoms with E-state index in [9.17, 15) is 8.42 Å². The molecule has 4 rings (SSSR count). The second-order valence-electron chi connectivity index (χ2n) is 7.80. The van der Waals surface area contributed by atoms with Crippen LogP contribution in [-0.4, -0.2) is 58.1 Å². The highest BCUT2D eigenvalue weighted by atomic mass is 32.2. The molecule has 3 aromatic rings. The SMILES string of the molecule is COc1ccc(S(=O)(=O)N2CCN(c3nc(-c4cc(C)cc(C)c4)cs3)CC2)c(OC)c1. The lowest BCUT2D eigenvalue weighted by molar-refractivity contribution is 0.370. The minimum Gasteiger partial charge on any atom is -0.497 e. The van der Waals surface area contributed by atoms with Gasteiger partial charge in [0.15, 0.2) is 5.13 Å². The largest absolute Gasteiger partial charge is 0.497 e.